The van der Waals surface area contributed by atoms with E-state index < -0.39 is 0 Å². The molecule has 0 aliphatic carbocycles. The molecule has 0 radical (unpaired) electrons. The first-order valence-corrected chi connectivity index (χ1v) is 3.31. The van der Waals surface area contributed by atoms with Gasteiger partial charge in [0.25, 0.3) is 0 Å². The van der Waals surface area contributed by atoms with E-state index in [1.54, 1.807) is 17.0 Å². The molecule has 0 saturated carbocycles. The average Bonchev–Trinajstić information content (AvgIpc) is 2.46. The Hall–Kier alpha value is -1.92. The Morgan fingerprint density at radius 3 is 3.25 bits per heavy atom. The number of hydrogen-bond donors (Lipinski definition) is 0. The van der Waals surface area contributed by atoms with Crippen molar-refractivity contribution in [2.45, 2.75) is 0 Å². The number of nitrogens with zero attached hydrogens (tertiary/aromatic N) is 5. The van der Waals surface area contributed by atoms with Crippen molar-refractivity contribution in [3.05, 3.63) is 28.7 Å². The Bertz CT molecular complexity index is 361. The molecule has 0 bridgehead atoms. The molecule has 0 amide bonds. The van der Waals surface area contributed by atoms with Gasteiger partial charge >= 0.3 is 0 Å². The second-order valence-corrected chi connectivity index (χ2v) is 2.05. The molecule has 1 aromatic rings. The minimum absolute atomic E-state index is 0.184. The molecule has 0 aliphatic rings. The minimum atomic E-state index is 0.184. The lowest BCUT2D eigenvalue weighted by molar-refractivity contribution is 0.893. The molecular formula is C7H7N5. The normalized spacial score (nSPS) is 8.08. The van der Waals surface area contributed by atoms with Crippen molar-refractivity contribution in [2.24, 2.45) is 12.2 Å². The highest BCUT2D eigenvalue weighted by atomic mass is 15.1. The van der Waals surface area contributed by atoms with Crippen molar-refractivity contribution in [2.75, 3.05) is 6.54 Å². The maximum absolute atomic E-state index is 7.95. The Kier molecular flexibility index (Phi) is 2.77. The van der Waals surface area contributed by atoms with Crippen molar-refractivity contribution in [1.82, 2.24) is 9.55 Å². The summed E-state index contributed by atoms with van der Waals surface area (Å²) < 4.78 is 1.79. The largest absolute Gasteiger partial charge is 0.327 e. The van der Waals surface area contributed by atoms with Gasteiger partial charge in [0, 0.05) is 24.4 Å². The molecule has 0 unspecified atom stereocenters. The van der Waals surface area contributed by atoms with Gasteiger partial charge in [0.05, 0.1) is 6.54 Å². The number of aromatic nitrogens is 2. The summed E-state index contributed by atoms with van der Waals surface area (Å²) in [6.07, 6.45) is 3.47. The van der Waals surface area contributed by atoms with E-state index in [1.807, 2.05) is 7.05 Å². The maximum atomic E-state index is 7.95. The molecule has 0 atom stereocenters. The van der Waals surface area contributed by atoms with E-state index in [0.717, 1.165) is 0 Å². The van der Waals surface area contributed by atoms with Gasteiger partial charge in [-0.15, -0.1) is 0 Å². The first-order valence-electron chi connectivity index (χ1n) is 3.31. The average molecular weight is 161 g/mol. The predicted octanol–water partition coefficient (Wildman–Crippen LogP) is 1.08. The topological polar surface area (TPSA) is 66.6 Å². The zero-order chi connectivity index (χ0) is 8.81. The summed E-state index contributed by atoms with van der Waals surface area (Å²) in [7, 11) is 1.85. The summed E-state index contributed by atoms with van der Waals surface area (Å²) in [6.45, 7) is 0.184. The van der Waals surface area contributed by atoms with Gasteiger partial charge in [-0.1, -0.05) is 11.0 Å². The molecule has 12 heavy (non-hydrogen) atoms. The molecule has 5 heteroatoms. The van der Waals surface area contributed by atoms with Gasteiger partial charge < -0.3 is 4.57 Å². The number of aryl methyl sites for hydroxylation is 1. The quantitative estimate of drug-likeness (QED) is 0.263. The Morgan fingerprint density at radius 1 is 1.83 bits per heavy atom. The van der Waals surface area contributed by atoms with Crippen LogP contribution in [0.4, 0.5) is 0 Å². The molecule has 0 fully saturated rings. The second-order valence-electron chi connectivity index (χ2n) is 2.05. The van der Waals surface area contributed by atoms with E-state index in [1.165, 1.54) is 0 Å². The van der Waals surface area contributed by atoms with E-state index in [2.05, 4.69) is 26.9 Å². The standard InChI is InChI=1S/C7H7N5/c1-12-6-5-9-7(12)3-2-4-10-11-8/h5-6H,4H2,1H3. The van der Waals surface area contributed by atoms with Crippen LogP contribution in [-0.2, 0) is 7.05 Å². The van der Waals surface area contributed by atoms with Crippen LogP contribution >= 0.6 is 0 Å². The van der Waals surface area contributed by atoms with Crippen LogP contribution in [0, 0.1) is 11.8 Å². The summed E-state index contributed by atoms with van der Waals surface area (Å²) in [5.74, 6) is 6.11. The van der Waals surface area contributed by atoms with Gasteiger partial charge in [0.15, 0.2) is 5.82 Å². The number of rotatable bonds is 1. The molecule has 60 valence electrons. The number of imidazole rings is 1. The molecule has 5 nitrogen and oxygen atoms in total. The Balaban J connectivity index is 2.66. The van der Waals surface area contributed by atoms with Crippen LogP contribution in [0.3, 0.4) is 0 Å². The highest BCUT2D eigenvalue weighted by molar-refractivity contribution is 5.21. The monoisotopic (exact) mass is 161 g/mol. The van der Waals surface area contributed by atoms with Crippen molar-refractivity contribution < 1.29 is 0 Å². The fourth-order valence-electron chi connectivity index (χ4n) is 0.672. The van der Waals surface area contributed by atoms with Crippen molar-refractivity contribution in [3.8, 4) is 11.8 Å². The molecule has 0 N–H and O–H groups in total. The molecular weight excluding hydrogens is 154 g/mol. The summed E-state index contributed by atoms with van der Waals surface area (Å²) >= 11 is 0. The third kappa shape index (κ3) is 2.04. The smallest absolute Gasteiger partial charge is 0.185 e. The molecule has 0 spiro atoms. The van der Waals surface area contributed by atoms with Crippen molar-refractivity contribution in [3.63, 3.8) is 0 Å². The predicted molar refractivity (Wildman–Crippen MR) is 44.1 cm³/mol. The van der Waals surface area contributed by atoms with Gasteiger partial charge in [-0.25, -0.2) is 4.98 Å². The summed E-state index contributed by atoms with van der Waals surface area (Å²) in [5, 5.41) is 3.27. The van der Waals surface area contributed by atoms with Crippen LogP contribution in [0.5, 0.6) is 0 Å². The van der Waals surface area contributed by atoms with Gasteiger partial charge in [-0.2, -0.15) is 0 Å². The van der Waals surface area contributed by atoms with Gasteiger partial charge in [0.2, 0.25) is 0 Å². The Labute approximate surface area is 69.7 Å². The summed E-state index contributed by atoms with van der Waals surface area (Å²) in [4.78, 5) is 6.54. The summed E-state index contributed by atoms with van der Waals surface area (Å²) in [5.41, 5.74) is 7.95. The van der Waals surface area contributed by atoms with Gasteiger partial charge in [0.1, 0.15) is 0 Å². The van der Waals surface area contributed by atoms with Crippen molar-refractivity contribution in [1.29, 1.82) is 0 Å². The van der Waals surface area contributed by atoms with Gasteiger partial charge in [-0.3, -0.25) is 0 Å². The molecule has 1 heterocycles. The van der Waals surface area contributed by atoms with Gasteiger partial charge in [-0.05, 0) is 11.5 Å². The molecule has 1 aromatic heterocycles. The third-order valence-corrected chi connectivity index (χ3v) is 1.23. The van der Waals surface area contributed by atoms with E-state index in [-0.39, 0.29) is 6.54 Å². The lowest BCUT2D eigenvalue weighted by atomic mass is 10.5. The summed E-state index contributed by atoms with van der Waals surface area (Å²) in [6, 6.07) is 0. The number of hydrogen-bond acceptors (Lipinski definition) is 2. The highest BCUT2D eigenvalue weighted by Crippen LogP contribution is 1.89. The van der Waals surface area contributed by atoms with Crippen LogP contribution in [0.15, 0.2) is 17.5 Å². The minimum Gasteiger partial charge on any atom is -0.327 e. The van der Waals surface area contributed by atoms with E-state index >= 15 is 0 Å². The first kappa shape index (κ1) is 8.18. The fourth-order valence-corrected chi connectivity index (χ4v) is 0.672. The zero-order valence-corrected chi connectivity index (χ0v) is 6.60. The number of azide groups is 1. The zero-order valence-electron chi connectivity index (χ0n) is 6.60. The van der Waals surface area contributed by atoms with Crippen LogP contribution in [0.25, 0.3) is 10.4 Å². The SMILES string of the molecule is Cn1ccnc1C#CCN=[N+]=[N-]. The van der Waals surface area contributed by atoms with E-state index in [4.69, 9.17) is 5.53 Å². The highest BCUT2D eigenvalue weighted by Gasteiger charge is 1.89. The lowest BCUT2D eigenvalue weighted by Crippen LogP contribution is -1.90. The third-order valence-electron chi connectivity index (χ3n) is 1.23. The first-order chi connectivity index (χ1) is 5.84. The van der Waals surface area contributed by atoms with Crippen LogP contribution in [-0.4, -0.2) is 16.1 Å². The van der Waals surface area contributed by atoms with E-state index in [0.29, 0.717) is 5.82 Å². The Morgan fingerprint density at radius 2 is 2.67 bits per heavy atom. The lowest BCUT2D eigenvalue weighted by Gasteiger charge is -1.88. The maximum Gasteiger partial charge on any atom is 0.185 e. The fraction of sp³-hybridized carbons (Fsp3) is 0.286. The second kappa shape index (κ2) is 4.06. The van der Waals surface area contributed by atoms with Crippen LogP contribution in [0.2, 0.25) is 0 Å². The van der Waals surface area contributed by atoms with Crippen molar-refractivity contribution >= 4 is 0 Å². The molecule has 0 aliphatic heterocycles. The van der Waals surface area contributed by atoms with E-state index in [9.17, 15) is 0 Å². The van der Waals surface area contributed by atoms with Crippen LogP contribution < -0.4 is 0 Å². The van der Waals surface area contributed by atoms with Crippen LogP contribution in [0.1, 0.15) is 5.82 Å². The molecule has 1 rings (SSSR count). The molecule has 0 saturated heterocycles. The molecule has 0 aromatic carbocycles.